The van der Waals surface area contributed by atoms with E-state index < -0.39 is 5.97 Å². The summed E-state index contributed by atoms with van der Waals surface area (Å²) in [4.78, 5) is 23.9. The van der Waals surface area contributed by atoms with Gasteiger partial charge >= 0.3 is 5.97 Å². The molecule has 0 aromatic heterocycles. The van der Waals surface area contributed by atoms with E-state index >= 15 is 0 Å². The Morgan fingerprint density at radius 3 is 2.88 bits per heavy atom. The van der Waals surface area contributed by atoms with Crippen molar-refractivity contribution in [2.75, 3.05) is 26.3 Å². The number of carboxylic acids is 1. The van der Waals surface area contributed by atoms with Crippen molar-refractivity contribution in [3.63, 3.8) is 0 Å². The Bertz CT molecular complexity index is 254. The molecule has 0 aliphatic carbocycles. The van der Waals surface area contributed by atoms with E-state index in [-0.39, 0.29) is 24.9 Å². The molecule has 0 saturated carbocycles. The highest BCUT2D eigenvalue weighted by atomic mass is 16.5. The molecular formula is C11H19NO4. The Kier molecular flexibility index (Phi) is 5.25. The lowest BCUT2D eigenvalue weighted by atomic mass is 9.95. The van der Waals surface area contributed by atoms with Crippen LogP contribution in [0.5, 0.6) is 0 Å². The highest BCUT2D eigenvalue weighted by Crippen LogP contribution is 2.19. The smallest absolute Gasteiger partial charge is 0.303 e. The third-order valence-corrected chi connectivity index (χ3v) is 2.76. The van der Waals surface area contributed by atoms with Crippen LogP contribution >= 0.6 is 0 Å². The van der Waals surface area contributed by atoms with Gasteiger partial charge < -0.3 is 14.7 Å². The molecule has 0 aromatic carbocycles. The van der Waals surface area contributed by atoms with Gasteiger partial charge in [0.1, 0.15) is 6.61 Å². The lowest BCUT2D eigenvalue weighted by Gasteiger charge is -2.32. The first-order chi connectivity index (χ1) is 7.63. The number of piperidine rings is 1. The van der Waals surface area contributed by atoms with Gasteiger partial charge in [0.2, 0.25) is 5.91 Å². The standard InChI is InChI=1S/C11H19NO4/c1-2-16-8-10(13)12-5-3-4-9(7-12)6-11(14)15/h9H,2-8H2,1H3,(H,14,15). The van der Waals surface area contributed by atoms with E-state index in [1.165, 1.54) is 0 Å². The Hall–Kier alpha value is -1.10. The van der Waals surface area contributed by atoms with E-state index in [0.29, 0.717) is 13.2 Å². The van der Waals surface area contributed by atoms with Gasteiger partial charge in [-0.3, -0.25) is 9.59 Å². The van der Waals surface area contributed by atoms with Gasteiger partial charge in [-0.25, -0.2) is 0 Å². The summed E-state index contributed by atoms with van der Waals surface area (Å²) in [5, 5.41) is 8.70. The molecule has 1 unspecified atom stereocenters. The maximum absolute atomic E-state index is 11.6. The third-order valence-electron chi connectivity index (χ3n) is 2.76. The minimum atomic E-state index is -0.788. The van der Waals surface area contributed by atoms with Gasteiger partial charge in [0.25, 0.3) is 0 Å². The Morgan fingerprint density at radius 1 is 1.50 bits per heavy atom. The van der Waals surface area contributed by atoms with Crippen molar-refractivity contribution in [1.29, 1.82) is 0 Å². The van der Waals surface area contributed by atoms with Crippen molar-refractivity contribution >= 4 is 11.9 Å². The molecule has 1 heterocycles. The highest BCUT2D eigenvalue weighted by Gasteiger charge is 2.24. The predicted molar refractivity (Wildman–Crippen MR) is 58.0 cm³/mol. The summed E-state index contributed by atoms with van der Waals surface area (Å²) >= 11 is 0. The molecule has 1 aliphatic rings. The van der Waals surface area contributed by atoms with Crippen molar-refractivity contribution in [3.05, 3.63) is 0 Å². The van der Waals surface area contributed by atoms with Crippen LogP contribution in [-0.4, -0.2) is 48.2 Å². The van der Waals surface area contributed by atoms with Crippen LogP contribution in [0.4, 0.5) is 0 Å². The molecule has 1 aliphatic heterocycles. The molecule has 0 bridgehead atoms. The number of likely N-dealkylation sites (tertiary alicyclic amines) is 1. The fourth-order valence-electron chi connectivity index (χ4n) is 1.99. The number of nitrogens with zero attached hydrogens (tertiary/aromatic N) is 1. The zero-order valence-electron chi connectivity index (χ0n) is 9.65. The average molecular weight is 229 g/mol. The molecule has 5 nitrogen and oxygen atoms in total. The summed E-state index contributed by atoms with van der Waals surface area (Å²) in [7, 11) is 0. The fourth-order valence-corrected chi connectivity index (χ4v) is 1.99. The zero-order valence-corrected chi connectivity index (χ0v) is 9.65. The fraction of sp³-hybridized carbons (Fsp3) is 0.818. The van der Waals surface area contributed by atoms with E-state index in [2.05, 4.69) is 0 Å². The van der Waals surface area contributed by atoms with E-state index in [1.807, 2.05) is 6.92 Å². The van der Waals surface area contributed by atoms with Gasteiger partial charge in [-0.2, -0.15) is 0 Å². The SMILES string of the molecule is CCOCC(=O)N1CCCC(CC(=O)O)C1. The van der Waals surface area contributed by atoms with Crippen LogP contribution in [-0.2, 0) is 14.3 Å². The molecule has 0 radical (unpaired) electrons. The van der Waals surface area contributed by atoms with Crippen LogP contribution in [0.2, 0.25) is 0 Å². The molecule has 1 amide bonds. The van der Waals surface area contributed by atoms with E-state index in [0.717, 1.165) is 19.4 Å². The Morgan fingerprint density at radius 2 is 2.25 bits per heavy atom. The predicted octanol–water partition coefficient (Wildman–Crippen LogP) is 0.736. The van der Waals surface area contributed by atoms with Gasteiger partial charge in [-0.15, -0.1) is 0 Å². The van der Waals surface area contributed by atoms with Crippen LogP contribution in [0, 0.1) is 5.92 Å². The maximum atomic E-state index is 11.6. The Labute approximate surface area is 95.4 Å². The van der Waals surface area contributed by atoms with Crippen LogP contribution in [0.1, 0.15) is 26.2 Å². The van der Waals surface area contributed by atoms with E-state index in [9.17, 15) is 9.59 Å². The first kappa shape index (κ1) is 13.0. The minimum Gasteiger partial charge on any atom is -0.481 e. The van der Waals surface area contributed by atoms with Crippen molar-refractivity contribution in [2.45, 2.75) is 26.2 Å². The first-order valence-corrected chi connectivity index (χ1v) is 5.70. The van der Waals surface area contributed by atoms with E-state index in [4.69, 9.17) is 9.84 Å². The summed E-state index contributed by atoms with van der Waals surface area (Å²) < 4.78 is 5.06. The van der Waals surface area contributed by atoms with Gasteiger partial charge in [0, 0.05) is 26.1 Å². The topological polar surface area (TPSA) is 66.8 Å². The lowest BCUT2D eigenvalue weighted by Crippen LogP contribution is -2.42. The van der Waals surface area contributed by atoms with Crippen molar-refractivity contribution in [3.8, 4) is 0 Å². The monoisotopic (exact) mass is 229 g/mol. The minimum absolute atomic E-state index is 0.0306. The average Bonchev–Trinajstić information content (AvgIpc) is 2.25. The number of aliphatic carboxylic acids is 1. The number of carbonyl (C=O) groups is 2. The van der Waals surface area contributed by atoms with Crippen LogP contribution < -0.4 is 0 Å². The summed E-state index contributed by atoms with van der Waals surface area (Å²) in [5.74, 6) is -0.724. The maximum Gasteiger partial charge on any atom is 0.303 e. The zero-order chi connectivity index (χ0) is 12.0. The molecular weight excluding hydrogens is 210 g/mol. The summed E-state index contributed by atoms with van der Waals surface area (Å²) in [5.41, 5.74) is 0. The molecule has 92 valence electrons. The number of hydrogen-bond acceptors (Lipinski definition) is 3. The number of carboxylic acid groups (broad SMARTS) is 1. The molecule has 1 rings (SSSR count). The normalized spacial score (nSPS) is 20.8. The van der Waals surface area contributed by atoms with Crippen LogP contribution in [0.25, 0.3) is 0 Å². The van der Waals surface area contributed by atoms with Gasteiger partial charge in [-0.1, -0.05) is 0 Å². The van der Waals surface area contributed by atoms with Gasteiger partial charge in [0.05, 0.1) is 0 Å². The second-order valence-electron chi connectivity index (χ2n) is 4.08. The highest BCUT2D eigenvalue weighted by molar-refractivity contribution is 5.77. The summed E-state index contributed by atoms with van der Waals surface area (Å²) in [6.45, 7) is 3.76. The molecule has 0 aromatic rings. The Balaban J connectivity index is 2.37. The second-order valence-corrected chi connectivity index (χ2v) is 4.08. The molecule has 1 atom stereocenters. The number of carbonyl (C=O) groups excluding carboxylic acids is 1. The van der Waals surface area contributed by atoms with Crippen molar-refractivity contribution in [2.24, 2.45) is 5.92 Å². The molecule has 5 heteroatoms. The molecule has 1 N–H and O–H groups in total. The molecule has 1 saturated heterocycles. The third kappa shape index (κ3) is 4.18. The lowest BCUT2D eigenvalue weighted by molar-refractivity contribution is -0.142. The van der Waals surface area contributed by atoms with E-state index in [1.54, 1.807) is 4.90 Å². The summed E-state index contributed by atoms with van der Waals surface area (Å²) in [6, 6.07) is 0. The molecule has 1 fully saturated rings. The number of ether oxygens (including phenoxy) is 1. The second kappa shape index (κ2) is 6.48. The van der Waals surface area contributed by atoms with Crippen molar-refractivity contribution < 1.29 is 19.4 Å². The van der Waals surface area contributed by atoms with Gasteiger partial charge in [-0.05, 0) is 25.7 Å². The first-order valence-electron chi connectivity index (χ1n) is 5.70. The van der Waals surface area contributed by atoms with Crippen molar-refractivity contribution in [1.82, 2.24) is 4.90 Å². The number of rotatable bonds is 5. The number of hydrogen-bond donors (Lipinski definition) is 1. The summed E-state index contributed by atoms with van der Waals surface area (Å²) in [6.07, 6.45) is 1.93. The molecule has 0 spiro atoms. The largest absolute Gasteiger partial charge is 0.481 e. The number of amides is 1. The quantitative estimate of drug-likeness (QED) is 0.755. The molecule has 16 heavy (non-hydrogen) atoms. The van der Waals surface area contributed by atoms with Crippen LogP contribution in [0.3, 0.4) is 0 Å². The van der Waals surface area contributed by atoms with Gasteiger partial charge in [0.15, 0.2) is 0 Å². The van der Waals surface area contributed by atoms with Crippen LogP contribution in [0.15, 0.2) is 0 Å².